The van der Waals surface area contributed by atoms with E-state index >= 15 is 0 Å². The first-order valence-electron chi connectivity index (χ1n) is 9.26. The summed E-state index contributed by atoms with van der Waals surface area (Å²) in [5.41, 5.74) is 2.30. The average molecular weight is 443 g/mol. The van der Waals surface area contributed by atoms with Gasteiger partial charge in [-0.15, -0.1) is 0 Å². The van der Waals surface area contributed by atoms with Crippen molar-refractivity contribution in [2.24, 2.45) is 0 Å². The molecule has 1 aromatic heterocycles. The van der Waals surface area contributed by atoms with E-state index < -0.39 is 0 Å². The monoisotopic (exact) mass is 442 g/mol. The molecule has 3 aromatic rings. The fourth-order valence-electron chi connectivity index (χ4n) is 3.19. The van der Waals surface area contributed by atoms with Crippen LogP contribution in [-0.4, -0.2) is 41.2 Å². The zero-order valence-corrected chi connectivity index (χ0v) is 17.9. The van der Waals surface area contributed by atoms with Gasteiger partial charge in [0.05, 0.1) is 36.4 Å². The van der Waals surface area contributed by atoms with E-state index in [1.165, 1.54) is 6.33 Å². The summed E-state index contributed by atoms with van der Waals surface area (Å²) in [5, 5.41) is 5.09. The molecule has 4 rings (SSSR count). The van der Waals surface area contributed by atoms with Gasteiger partial charge in [0, 0.05) is 22.2 Å². The highest BCUT2D eigenvalue weighted by molar-refractivity contribution is 6.36. The number of methoxy groups -OCH3 is 1. The first kappa shape index (κ1) is 20.3. The quantitative estimate of drug-likeness (QED) is 0.490. The number of anilines is 2. The molecule has 0 atom stereocenters. The number of hydrogen-bond donors (Lipinski definition) is 1. The lowest BCUT2D eigenvalue weighted by Crippen LogP contribution is -2.52. The van der Waals surface area contributed by atoms with Crippen LogP contribution in [0.5, 0.6) is 11.5 Å². The molecule has 0 amide bonds. The third kappa shape index (κ3) is 4.01. The molecule has 1 aliphatic rings. The topological polar surface area (TPSA) is 59.5 Å². The fourth-order valence-corrected chi connectivity index (χ4v) is 3.65. The van der Waals surface area contributed by atoms with Crippen molar-refractivity contribution in [2.75, 3.05) is 25.5 Å². The zero-order valence-electron chi connectivity index (χ0n) is 16.4. The highest BCUT2D eigenvalue weighted by Gasteiger charge is 2.29. The minimum atomic E-state index is 0.0276. The molecule has 0 aliphatic carbocycles. The van der Waals surface area contributed by atoms with Gasteiger partial charge in [0.2, 0.25) is 0 Å². The molecule has 1 saturated heterocycles. The molecule has 0 spiro atoms. The summed E-state index contributed by atoms with van der Waals surface area (Å²) >= 11 is 12.3. The van der Waals surface area contributed by atoms with Gasteiger partial charge in [0.1, 0.15) is 18.2 Å². The van der Waals surface area contributed by atoms with Crippen LogP contribution in [-0.2, 0) is 0 Å². The third-order valence-corrected chi connectivity index (χ3v) is 5.44. The molecule has 0 radical (unpaired) electrons. The number of rotatable bonds is 7. The van der Waals surface area contributed by atoms with E-state index in [1.54, 1.807) is 31.4 Å². The second-order valence-corrected chi connectivity index (χ2v) is 7.68. The fraction of sp³-hybridized carbons (Fsp3) is 0.182. The Morgan fingerprint density at radius 2 is 2.00 bits per heavy atom. The molecule has 2 heterocycles. The predicted molar refractivity (Wildman–Crippen MR) is 121 cm³/mol. The van der Waals surface area contributed by atoms with Crippen molar-refractivity contribution >= 4 is 45.6 Å². The molecular weight excluding hydrogens is 423 g/mol. The van der Waals surface area contributed by atoms with Crippen LogP contribution in [0.25, 0.3) is 10.9 Å². The number of nitrogens with zero attached hydrogens (tertiary/aromatic N) is 3. The molecule has 30 heavy (non-hydrogen) atoms. The van der Waals surface area contributed by atoms with Crippen LogP contribution in [0.15, 0.2) is 61.6 Å². The van der Waals surface area contributed by atoms with Gasteiger partial charge in [-0.1, -0.05) is 36.4 Å². The van der Waals surface area contributed by atoms with E-state index in [-0.39, 0.29) is 6.10 Å². The number of hydrogen-bond acceptors (Lipinski definition) is 6. The van der Waals surface area contributed by atoms with Crippen molar-refractivity contribution in [3.05, 3.63) is 71.6 Å². The summed E-state index contributed by atoms with van der Waals surface area (Å²) in [6, 6.07) is 8.95. The van der Waals surface area contributed by atoms with Crippen LogP contribution < -0.4 is 14.8 Å². The first-order chi connectivity index (χ1) is 14.5. The number of likely N-dealkylation sites (tertiary alicyclic amines) is 1. The molecule has 1 aliphatic heterocycles. The van der Waals surface area contributed by atoms with Crippen LogP contribution in [0.2, 0.25) is 10.0 Å². The summed E-state index contributed by atoms with van der Waals surface area (Å²) in [4.78, 5) is 10.8. The van der Waals surface area contributed by atoms with E-state index in [9.17, 15) is 0 Å². The second-order valence-electron chi connectivity index (χ2n) is 6.83. The van der Waals surface area contributed by atoms with E-state index in [1.807, 2.05) is 12.1 Å². The summed E-state index contributed by atoms with van der Waals surface area (Å²) in [5.74, 6) is 1.84. The SMILES string of the molecule is C=CC(=C)N1CC(Oc2cc3c(Nc4ccc(Cl)cc4Cl)ncnc3cc2OC)C1. The van der Waals surface area contributed by atoms with Gasteiger partial charge in [0.15, 0.2) is 11.5 Å². The van der Waals surface area contributed by atoms with Gasteiger partial charge in [-0.3, -0.25) is 0 Å². The molecule has 1 fully saturated rings. The molecule has 0 bridgehead atoms. The zero-order chi connectivity index (χ0) is 21.3. The van der Waals surface area contributed by atoms with Gasteiger partial charge >= 0.3 is 0 Å². The number of allylic oxidation sites excluding steroid dienone is 1. The second kappa shape index (κ2) is 8.42. The normalized spacial score (nSPS) is 13.6. The number of fused-ring (bicyclic) bond motifs is 1. The summed E-state index contributed by atoms with van der Waals surface area (Å²) in [7, 11) is 1.61. The van der Waals surface area contributed by atoms with Gasteiger partial charge in [-0.05, 0) is 30.3 Å². The average Bonchev–Trinajstić information content (AvgIpc) is 2.71. The molecule has 0 unspecified atom stereocenters. The van der Waals surface area contributed by atoms with Crippen molar-refractivity contribution in [2.45, 2.75) is 6.10 Å². The summed E-state index contributed by atoms with van der Waals surface area (Å²) in [6.45, 7) is 9.19. The van der Waals surface area contributed by atoms with Crippen molar-refractivity contribution in [1.82, 2.24) is 14.9 Å². The maximum absolute atomic E-state index is 6.30. The standard InChI is InChI=1S/C22H20Cl2N4O2/c1-4-13(2)28-10-15(11-28)30-21-8-16-19(9-20(21)29-3)25-12-26-22(16)27-18-6-5-14(23)7-17(18)24/h4-9,12,15H,1-2,10-11H2,3H3,(H,25,26,27). The predicted octanol–water partition coefficient (Wildman–Crippen LogP) is 5.45. The Labute approximate surface area is 184 Å². The molecule has 1 N–H and O–H groups in total. The lowest BCUT2D eigenvalue weighted by molar-refractivity contribution is 0.0454. The molecular formula is C22H20Cl2N4O2. The highest BCUT2D eigenvalue weighted by atomic mass is 35.5. The highest BCUT2D eigenvalue weighted by Crippen LogP contribution is 2.37. The Morgan fingerprint density at radius 1 is 1.20 bits per heavy atom. The van der Waals surface area contributed by atoms with Crippen LogP contribution in [0.3, 0.4) is 0 Å². The van der Waals surface area contributed by atoms with E-state index in [2.05, 4.69) is 33.3 Å². The maximum atomic E-state index is 6.30. The van der Waals surface area contributed by atoms with E-state index in [0.717, 1.165) is 29.7 Å². The molecule has 6 nitrogen and oxygen atoms in total. The number of nitrogens with one attached hydrogen (secondary N) is 1. The summed E-state index contributed by atoms with van der Waals surface area (Å²) in [6.07, 6.45) is 3.25. The Bertz CT molecular complexity index is 1130. The lowest BCUT2D eigenvalue weighted by Gasteiger charge is -2.41. The Kier molecular flexibility index (Phi) is 5.70. The third-order valence-electron chi connectivity index (χ3n) is 4.89. The van der Waals surface area contributed by atoms with Gasteiger partial charge in [0.25, 0.3) is 0 Å². The number of ether oxygens (including phenoxy) is 2. The molecule has 8 heteroatoms. The summed E-state index contributed by atoms with van der Waals surface area (Å²) < 4.78 is 11.7. The van der Waals surface area contributed by atoms with E-state index in [0.29, 0.717) is 33.0 Å². The number of halogens is 2. The Balaban J connectivity index is 1.64. The number of aromatic nitrogens is 2. The molecule has 0 saturated carbocycles. The van der Waals surface area contributed by atoms with Gasteiger partial charge in [-0.25, -0.2) is 9.97 Å². The minimum absolute atomic E-state index is 0.0276. The van der Waals surface area contributed by atoms with Gasteiger partial charge < -0.3 is 19.7 Å². The van der Waals surface area contributed by atoms with Crippen molar-refractivity contribution < 1.29 is 9.47 Å². The van der Waals surface area contributed by atoms with Crippen LogP contribution in [0.4, 0.5) is 11.5 Å². The molecule has 2 aromatic carbocycles. The van der Waals surface area contributed by atoms with E-state index in [4.69, 9.17) is 32.7 Å². The van der Waals surface area contributed by atoms with Crippen molar-refractivity contribution in [3.8, 4) is 11.5 Å². The van der Waals surface area contributed by atoms with Crippen LogP contribution >= 0.6 is 23.2 Å². The van der Waals surface area contributed by atoms with Crippen LogP contribution in [0, 0.1) is 0 Å². The smallest absolute Gasteiger partial charge is 0.162 e. The number of benzene rings is 2. The Hall–Kier alpha value is -2.96. The van der Waals surface area contributed by atoms with Crippen molar-refractivity contribution in [3.63, 3.8) is 0 Å². The first-order valence-corrected chi connectivity index (χ1v) is 10.0. The maximum Gasteiger partial charge on any atom is 0.162 e. The van der Waals surface area contributed by atoms with Crippen LogP contribution in [0.1, 0.15) is 0 Å². The Morgan fingerprint density at radius 3 is 2.70 bits per heavy atom. The molecule has 154 valence electrons. The lowest BCUT2D eigenvalue weighted by atomic mass is 10.1. The van der Waals surface area contributed by atoms with Gasteiger partial charge in [-0.2, -0.15) is 0 Å². The minimum Gasteiger partial charge on any atom is -0.493 e. The largest absolute Gasteiger partial charge is 0.493 e. The van der Waals surface area contributed by atoms with Crippen molar-refractivity contribution in [1.29, 1.82) is 0 Å².